The molecule has 0 spiro atoms. The van der Waals surface area contributed by atoms with E-state index >= 15 is 0 Å². The van der Waals surface area contributed by atoms with Gasteiger partial charge in [0.25, 0.3) is 0 Å². The Morgan fingerprint density at radius 1 is 1.20 bits per heavy atom. The Kier molecular flexibility index (Phi) is 8.84. The van der Waals surface area contributed by atoms with Gasteiger partial charge in [-0.1, -0.05) is 12.1 Å². The Balaban J connectivity index is 0.000000540. The number of nitrogens with zero attached hydrogens (tertiary/aromatic N) is 1. The number of carboxylic acid groups (broad SMARTS) is 1. The summed E-state index contributed by atoms with van der Waals surface area (Å²) in [6, 6.07) is 9.52. The van der Waals surface area contributed by atoms with E-state index in [4.69, 9.17) is 19.1 Å². The fourth-order valence-corrected chi connectivity index (χ4v) is 2.74. The molecular weight excluding hydrogens is 476 g/mol. The number of hydrogen-bond acceptors (Lipinski definition) is 7. The first kappa shape index (κ1) is 27.2. The van der Waals surface area contributed by atoms with Crippen molar-refractivity contribution in [2.45, 2.75) is 6.18 Å². The van der Waals surface area contributed by atoms with E-state index in [-0.39, 0.29) is 22.5 Å². The van der Waals surface area contributed by atoms with Crippen LogP contribution in [0.3, 0.4) is 0 Å². The number of fused-ring (bicyclic) bond motifs is 1. The van der Waals surface area contributed by atoms with E-state index in [9.17, 15) is 27.5 Å². The number of rotatable bonds is 6. The number of benzene rings is 2. The Hall–Kier alpha value is -4.06. The summed E-state index contributed by atoms with van der Waals surface area (Å²) in [7, 11) is 3.51. The maximum Gasteiger partial charge on any atom is 0.430 e. The maximum absolute atomic E-state index is 14.1. The molecule has 0 unspecified atom stereocenters. The highest BCUT2D eigenvalue weighted by Crippen LogP contribution is 2.26. The lowest BCUT2D eigenvalue weighted by Crippen LogP contribution is -2.52. The average molecular weight is 498 g/mol. The SMILES string of the molecule is CN(C)c1ccc(/C=C/c2oc3cc(OCC[NH3+])ccc3c(=O)c2O)cc1F.O=C([O-])C(F)(F)F. The number of anilines is 1. The van der Waals surface area contributed by atoms with E-state index in [0.29, 0.717) is 30.2 Å². The molecule has 35 heavy (non-hydrogen) atoms. The van der Waals surface area contributed by atoms with Crippen molar-refractivity contribution in [2.75, 3.05) is 32.1 Å². The predicted molar refractivity (Wildman–Crippen MR) is 118 cm³/mol. The molecule has 1 aromatic heterocycles. The van der Waals surface area contributed by atoms with E-state index < -0.39 is 23.3 Å². The molecule has 0 aliphatic rings. The number of ether oxygens (including phenoxy) is 1. The van der Waals surface area contributed by atoms with Crippen LogP contribution in [0.15, 0.2) is 45.6 Å². The summed E-state index contributed by atoms with van der Waals surface area (Å²) in [5, 5.41) is 19.2. The molecule has 188 valence electrons. The van der Waals surface area contributed by atoms with Crippen LogP contribution in [0.5, 0.6) is 11.5 Å². The third-order valence-electron chi connectivity index (χ3n) is 4.39. The van der Waals surface area contributed by atoms with Gasteiger partial charge >= 0.3 is 6.18 Å². The number of carbonyl (C=O) groups excluding carboxylic acids is 1. The van der Waals surface area contributed by atoms with Crippen molar-refractivity contribution >= 4 is 34.8 Å². The molecule has 4 N–H and O–H groups in total. The summed E-state index contributed by atoms with van der Waals surface area (Å²) in [6.45, 7) is 1.05. The van der Waals surface area contributed by atoms with Crippen LogP contribution in [0.2, 0.25) is 0 Å². The van der Waals surface area contributed by atoms with E-state index in [0.717, 1.165) is 0 Å². The molecule has 0 aliphatic heterocycles. The average Bonchev–Trinajstić information content (AvgIpc) is 2.78. The Morgan fingerprint density at radius 3 is 2.40 bits per heavy atom. The Bertz CT molecular complexity index is 1290. The van der Waals surface area contributed by atoms with Crippen molar-refractivity contribution in [1.82, 2.24) is 0 Å². The Morgan fingerprint density at radius 2 is 1.86 bits per heavy atom. The van der Waals surface area contributed by atoms with E-state index in [2.05, 4.69) is 5.73 Å². The topological polar surface area (TPSA) is 131 Å². The highest BCUT2D eigenvalue weighted by atomic mass is 19.4. The number of quaternary nitrogens is 1. The highest BCUT2D eigenvalue weighted by molar-refractivity contribution is 5.82. The molecule has 0 saturated carbocycles. The van der Waals surface area contributed by atoms with E-state index in [1.807, 2.05) is 0 Å². The minimum absolute atomic E-state index is 0.0103. The van der Waals surface area contributed by atoms with Crippen molar-refractivity contribution in [3.05, 3.63) is 63.8 Å². The standard InChI is InChI=1S/C21H21FN2O4.C2HF3O2/c1-24(2)17-7-3-13(11-16(17)22)4-8-18-21(26)20(25)15-6-5-14(27-10-9-23)12-19(15)28-18;3-2(4,5)1(6)7/h3-8,11-12,26H,9-10,23H2,1-2H3;(H,6,7)/b8-4+;. The van der Waals surface area contributed by atoms with Gasteiger partial charge in [-0.15, -0.1) is 0 Å². The molecule has 0 amide bonds. The number of alkyl halides is 3. The first-order chi connectivity index (χ1) is 16.3. The molecule has 0 fully saturated rings. The number of carboxylic acids is 1. The van der Waals surface area contributed by atoms with Gasteiger partial charge in [-0.2, -0.15) is 13.2 Å². The van der Waals surface area contributed by atoms with Crippen LogP contribution in [0.1, 0.15) is 11.3 Å². The molecule has 8 nitrogen and oxygen atoms in total. The first-order valence-electron chi connectivity index (χ1n) is 10.00. The molecule has 0 atom stereocenters. The van der Waals surface area contributed by atoms with Crippen LogP contribution in [0.25, 0.3) is 23.1 Å². The molecule has 0 radical (unpaired) electrons. The lowest BCUT2D eigenvalue weighted by atomic mass is 10.1. The Labute approximate surface area is 196 Å². The third kappa shape index (κ3) is 7.21. The second-order valence-electron chi connectivity index (χ2n) is 7.23. The zero-order chi connectivity index (χ0) is 26.3. The summed E-state index contributed by atoms with van der Waals surface area (Å²) >= 11 is 0. The van der Waals surface area contributed by atoms with Crippen LogP contribution in [0, 0.1) is 5.82 Å². The summed E-state index contributed by atoms with van der Waals surface area (Å²) < 4.78 is 56.8. The summed E-state index contributed by atoms with van der Waals surface area (Å²) in [5.74, 6) is -3.35. The summed E-state index contributed by atoms with van der Waals surface area (Å²) in [6.07, 6.45) is -2.20. The number of aliphatic carboxylic acids is 1. The van der Waals surface area contributed by atoms with Crippen LogP contribution in [0.4, 0.5) is 23.2 Å². The van der Waals surface area contributed by atoms with Gasteiger partial charge in [0.2, 0.25) is 11.2 Å². The molecule has 3 rings (SSSR count). The number of carbonyl (C=O) groups is 1. The molecule has 0 aliphatic carbocycles. The molecule has 1 heterocycles. The lowest BCUT2D eigenvalue weighted by molar-refractivity contribution is -0.370. The van der Waals surface area contributed by atoms with Crippen LogP contribution < -0.4 is 25.9 Å². The minimum atomic E-state index is -5.19. The van der Waals surface area contributed by atoms with Crippen molar-refractivity contribution in [2.24, 2.45) is 0 Å². The molecule has 12 heteroatoms. The van der Waals surface area contributed by atoms with Gasteiger partial charge in [0.1, 0.15) is 36.3 Å². The highest BCUT2D eigenvalue weighted by Gasteiger charge is 2.28. The third-order valence-corrected chi connectivity index (χ3v) is 4.39. The molecule has 0 bridgehead atoms. The van der Waals surface area contributed by atoms with Gasteiger partial charge in [-0.05, 0) is 35.9 Å². The van der Waals surface area contributed by atoms with Crippen LogP contribution in [-0.4, -0.2) is 44.5 Å². The van der Waals surface area contributed by atoms with Crippen molar-refractivity contribution in [3.8, 4) is 11.5 Å². The molecule has 3 aromatic rings. The van der Waals surface area contributed by atoms with Gasteiger partial charge < -0.3 is 34.8 Å². The fourth-order valence-electron chi connectivity index (χ4n) is 2.74. The summed E-state index contributed by atoms with van der Waals surface area (Å²) in [5.41, 5.74) is 4.49. The second-order valence-corrected chi connectivity index (χ2v) is 7.23. The van der Waals surface area contributed by atoms with Crippen molar-refractivity contribution in [1.29, 1.82) is 0 Å². The van der Waals surface area contributed by atoms with Crippen molar-refractivity contribution in [3.63, 3.8) is 0 Å². The molecule has 0 saturated heterocycles. The summed E-state index contributed by atoms with van der Waals surface area (Å²) in [4.78, 5) is 22.9. The largest absolute Gasteiger partial charge is 0.542 e. The van der Waals surface area contributed by atoms with Gasteiger partial charge in [0.15, 0.2) is 5.76 Å². The number of hydrogen-bond donors (Lipinski definition) is 2. The second kappa shape index (κ2) is 11.4. The number of aromatic hydroxyl groups is 1. The first-order valence-corrected chi connectivity index (χ1v) is 10.00. The predicted octanol–water partition coefficient (Wildman–Crippen LogP) is 1.79. The van der Waals surface area contributed by atoms with Gasteiger partial charge in [-0.3, -0.25) is 4.79 Å². The van der Waals surface area contributed by atoms with Gasteiger partial charge in [0.05, 0.1) is 11.1 Å². The zero-order valence-corrected chi connectivity index (χ0v) is 18.7. The normalized spacial score (nSPS) is 11.3. The monoisotopic (exact) mass is 498 g/mol. The number of halogens is 4. The van der Waals surface area contributed by atoms with Crippen LogP contribution in [-0.2, 0) is 4.79 Å². The van der Waals surface area contributed by atoms with Gasteiger partial charge in [-0.25, -0.2) is 4.39 Å². The van der Waals surface area contributed by atoms with E-state index in [1.165, 1.54) is 12.1 Å². The van der Waals surface area contributed by atoms with Gasteiger partial charge in [0, 0.05) is 20.2 Å². The smallest absolute Gasteiger partial charge is 0.430 e. The van der Waals surface area contributed by atoms with Crippen LogP contribution >= 0.6 is 0 Å². The lowest BCUT2D eigenvalue weighted by Gasteiger charge is -2.13. The zero-order valence-electron chi connectivity index (χ0n) is 18.7. The quantitative estimate of drug-likeness (QED) is 0.496. The maximum atomic E-state index is 14.1. The molecule has 2 aromatic carbocycles. The van der Waals surface area contributed by atoms with E-state index in [1.54, 1.807) is 55.4 Å². The van der Waals surface area contributed by atoms with Crippen molar-refractivity contribution < 1.29 is 47.5 Å². The molecular formula is C23H22F4N2O6. The minimum Gasteiger partial charge on any atom is -0.542 e. The fraction of sp³-hybridized carbons (Fsp3) is 0.217.